The molecule has 1 N–H and O–H groups in total. The predicted octanol–water partition coefficient (Wildman–Crippen LogP) is 7.45. The molecule has 3 rings (SSSR count). The number of aliphatic hydroxyl groups excluding tert-OH is 1. The molecule has 30 heavy (non-hydrogen) atoms. The van der Waals surface area contributed by atoms with Crippen LogP contribution in [0.15, 0.2) is 85.5 Å². The average molecular weight is 401 g/mol. The van der Waals surface area contributed by atoms with Gasteiger partial charge in [-0.3, -0.25) is 0 Å². The first-order chi connectivity index (χ1) is 14.6. The second-order valence-corrected chi connectivity index (χ2v) is 7.69. The first kappa shape index (κ1) is 21.7. The molecule has 0 bridgehead atoms. The van der Waals surface area contributed by atoms with E-state index in [4.69, 9.17) is 0 Å². The molecule has 0 saturated carbocycles. The normalized spacial score (nSPS) is 12.2. The molecular weight excluding hydrogens is 371 g/mol. The summed E-state index contributed by atoms with van der Waals surface area (Å²) in [5.41, 5.74) is 6.00. The highest BCUT2D eigenvalue weighted by molar-refractivity contribution is 5.71. The lowest BCUT2D eigenvalue weighted by Gasteiger charge is -2.07. The zero-order chi connectivity index (χ0) is 21.3. The third kappa shape index (κ3) is 6.01. The molecule has 1 unspecified atom stereocenters. The van der Waals surface area contributed by atoms with E-state index in [1.807, 2.05) is 42.5 Å². The van der Waals surface area contributed by atoms with Crippen molar-refractivity contribution in [3.63, 3.8) is 0 Å². The van der Waals surface area contributed by atoms with E-state index in [-0.39, 0.29) is 11.9 Å². The Hall–Kier alpha value is -2.97. The molecule has 1 atom stereocenters. The van der Waals surface area contributed by atoms with Crippen LogP contribution in [0.5, 0.6) is 0 Å². The summed E-state index contributed by atoms with van der Waals surface area (Å²) in [6.45, 7) is 5.56. The third-order valence-corrected chi connectivity index (χ3v) is 5.18. The number of hydrogen-bond acceptors (Lipinski definition) is 1. The van der Waals surface area contributed by atoms with Crippen molar-refractivity contribution in [2.45, 2.75) is 38.7 Å². The van der Waals surface area contributed by atoms with Crippen LogP contribution < -0.4 is 0 Å². The Morgan fingerprint density at radius 2 is 1.47 bits per heavy atom. The average Bonchev–Trinajstić information content (AvgIpc) is 2.75. The topological polar surface area (TPSA) is 20.2 Å². The molecule has 0 aliphatic heterocycles. The van der Waals surface area contributed by atoms with Crippen molar-refractivity contribution in [1.82, 2.24) is 0 Å². The molecule has 0 aliphatic carbocycles. The summed E-state index contributed by atoms with van der Waals surface area (Å²) in [7, 11) is 0. The lowest BCUT2D eigenvalue weighted by atomic mass is 9.98. The minimum atomic E-state index is -0.280. The van der Waals surface area contributed by atoms with E-state index in [0.29, 0.717) is 5.56 Å². The summed E-state index contributed by atoms with van der Waals surface area (Å²) in [5, 5.41) is 9.28. The van der Waals surface area contributed by atoms with Gasteiger partial charge in [0.1, 0.15) is 5.82 Å². The Bertz CT molecular complexity index is 982. The van der Waals surface area contributed by atoms with Crippen LogP contribution in [0.2, 0.25) is 0 Å². The van der Waals surface area contributed by atoms with Crippen LogP contribution in [-0.4, -0.2) is 11.2 Å². The molecule has 0 spiro atoms. The Kier molecular flexibility index (Phi) is 7.75. The van der Waals surface area contributed by atoms with Crippen LogP contribution in [0, 0.1) is 5.82 Å². The maximum absolute atomic E-state index is 14.5. The minimum Gasteiger partial charge on any atom is -0.393 e. The molecule has 1 nitrogen and oxygen atoms in total. The second-order valence-electron chi connectivity index (χ2n) is 7.69. The number of aliphatic hydroxyl groups is 1. The van der Waals surface area contributed by atoms with Crippen molar-refractivity contribution in [3.8, 4) is 22.3 Å². The molecule has 0 aliphatic rings. The van der Waals surface area contributed by atoms with Crippen molar-refractivity contribution in [1.29, 1.82) is 0 Å². The van der Waals surface area contributed by atoms with E-state index in [1.165, 1.54) is 5.56 Å². The minimum absolute atomic E-state index is 0.221. The largest absolute Gasteiger partial charge is 0.393 e. The molecule has 0 heterocycles. The quantitative estimate of drug-likeness (QED) is 0.292. The number of allylic oxidation sites excluding steroid dienone is 2. The summed E-state index contributed by atoms with van der Waals surface area (Å²) < 4.78 is 14.5. The lowest BCUT2D eigenvalue weighted by Crippen LogP contribution is -1.97. The summed E-state index contributed by atoms with van der Waals surface area (Å²) >= 11 is 0. The zero-order valence-electron chi connectivity index (χ0n) is 17.5. The molecule has 0 fully saturated rings. The Morgan fingerprint density at radius 3 is 2.03 bits per heavy atom. The van der Waals surface area contributed by atoms with E-state index in [9.17, 15) is 9.50 Å². The lowest BCUT2D eigenvalue weighted by molar-refractivity contribution is 0.182. The molecule has 0 amide bonds. The number of halogens is 1. The van der Waals surface area contributed by atoms with Gasteiger partial charge in [-0.1, -0.05) is 78.9 Å². The van der Waals surface area contributed by atoms with E-state index in [1.54, 1.807) is 13.0 Å². The van der Waals surface area contributed by atoms with Gasteiger partial charge in [0.05, 0.1) is 6.10 Å². The zero-order valence-corrected chi connectivity index (χ0v) is 17.5. The van der Waals surface area contributed by atoms with Gasteiger partial charge in [-0.05, 0) is 66.5 Å². The van der Waals surface area contributed by atoms with Gasteiger partial charge in [0.25, 0.3) is 0 Å². The van der Waals surface area contributed by atoms with E-state index in [0.717, 1.165) is 47.9 Å². The molecule has 3 aromatic rings. The number of rotatable bonds is 9. The molecular formula is C28H29FO. The predicted molar refractivity (Wildman–Crippen MR) is 126 cm³/mol. The van der Waals surface area contributed by atoms with Crippen LogP contribution in [0.25, 0.3) is 28.3 Å². The fourth-order valence-corrected chi connectivity index (χ4v) is 3.44. The Morgan fingerprint density at radius 1 is 0.900 bits per heavy atom. The maximum atomic E-state index is 14.5. The van der Waals surface area contributed by atoms with Gasteiger partial charge in [0, 0.05) is 5.56 Å². The number of benzene rings is 3. The fourth-order valence-electron chi connectivity index (χ4n) is 3.44. The molecule has 0 saturated heterocycles. The van der Waals surface area contributed by atoms with Crippen molar-refractivity contribution >= 4 is 6.08 Å². The Balaban J connectivity index is 1.68. The summed E-state index contributed by atoms with van der Waals surface area (Å²) in [6.07, 6.45) is 8.78. The van der Waals surface area contributed by atoms with Crippen molar-refractivity contribution in [2.24, 2.45) is 0 Å². The fraction of sp³-hybridized carbons (Fsp3) is 0.214. The summed E-state index contributed by atoms with van der Waals surface area (Å²) in [4.78, 5) is 0. The van der Waals surface area contributed by atoms with Gasteiger partial charge >= 0.3 is 0 Å². The number of hydrogen-bond donors (Lipinski definition) is 1. The smallest absolute Gasteiger partial charge is 0.131 e. The molecule has 0 radical (unpaired) electrons. The van der Waals surface area contributed by atoms with Crippen molar-refractivity contribution in [2.75, 3.05) is 0 Å². The van der Waals surface area contributed by atoms with Crippen LogP contribution in [-0.2, 0) is 6.42 Å². The molecule has 2 heteroatoms. The maximum Gasteiger partial charge on any atom is 0.131 e. The van der Waals surface area contributed by atoms with Crippen LogP contribution >= 0.6 is 0 Å². The first-order valence-electron chi connectivity index (χ1n) is 10.5. The molecule has 0 aromatic heterocycles. The highest BCUT2D eigenvalue weighted by atomic mass is 19.1. The van der Waals surface area contributed by atoms with Gasteiger partial charge in [0.2, 0.25) is 0 Å². The van der Waals surface area contributed by atoms with Crippen LogP contribution in [0.4, 0.5) is 4.39 Å². The Labute approximate surface area is 179 Å². The third-order valence-electron chi connectivity index (χ3n) is 5.18. The van der Waals surface area contributed by atoms with Crippen molar-refractivity contribution in [3.05, 3.63) is 102 Å². The van der Waals surface area contributed by atoms with E-state index >= 15 is 0 Å². The van der Waals surface area contributed by atoms with Gasteiger partial charge < -0.3 is 5.11 Å². The number of unbranched alkanes of at least 4 members (excludes halogenated alkanes) is 1. The van der Waals surface area contributed by atoms with Crippen LogP contribution in [0.1, 0.15) is 37.3 Å². The van der Waals surface area contributed by atoms with Gasteiger partial charge in [0.15, 0.2) is 0 Å². The van der Waals surface area contributed by atoms with E-state index < -0.39 is 0 Å². The molecule has 154 valence electrons. The SMILES string of the molecule is C=CCc1ccc(-c2ccc(-c3ccc(/C=C/CCCC(C)O)c(F)c3)cc2)cc1. The van der Waals surface area contributed by atoms with Crippen molar-refractivity contribution < 1.29 is 9.50 Å². The standard InChI is InChI=1S/C28H29FO/c1-3-7-22-10-12-23(13-11-22)24-14-16-25(17-15-24)27-19-18-26(28(29)20-27)9-6-4-5-8-21(2)30/h3,6,9-21,30H,1,4-5,7-8H2,2H3/b9-6+. The second kappa shape index (κ2) is 10.7. The van der Waals surface area contributed by atoms with Gasteiger partial charge in [-0.2, -0.15) is 0 Å². The summed E-state index contributed by atoms with van der Waals surface area (Å²) in [5.74, 6) is -0.221. The van der Waals surface area contributed by atoms with Crippen LogP contribution in [0.3, 0.4) is 0 Å². The monoisotopic (exact) mass is 400 g/mol. The highest BCUT2D eigenvalue weighted by Crippen LogP contribution is 2.27. The van der Waals surface area contributed by atoms with E-state index in [2.05, 4.69) is 43.0 Å². The summed E-state index contributed by atoms with van der Waals surface area (Å²) in [6, 6.07) is 22.1. The van der Waals surface area contributed by atoms with Gasteiger partial charge in [-0.15, -0.1) is 6.58 Å². The van der Waals surface area contributed by atoms with Gasteiger partial charge in [-0.25, -0.2) is 4.39 Å². The molecule has 3 aromatic carbocycles. The highest BCUT2D eigenvalue weighted by Gasteiger charge is 2.05. The first-order valence-corrected chi connectivity index (χ1v) is 10.5.